The Balaban J connectivity index is 1.62. The fraction of sp³-hybridized carbons (Fsp3) is 0.381. The average Bonchev–Trinajstić information content (AvgIpc) is 3.14. The number of nitrogens with zero attached hydrogens (tertiary/aromatic N) is 1. The first-order valence-electron chi connectivity index (χ1n) is 9.05. The molecule has 1 aliphatic heterocycles. The summed E-state index contributed by atoms with van der Waals surface area (Å²) < 4.78 is 16.1. The summed E-state index contributed by atoms with van der Waals surface area (Å²) in [6.45, 7) is 2.16. The van der Waals surface area contributed by atoms with Gasteiger partial charge in [-0.25, -0.2) is 0 Å². The lowest BCUT2D eigenvalue weighted by Gasteiger charge is -2.16. The van der Waals surface area contributed by atoms with Gasteiger partial charge < -0.3 is 24.4 Å². The van der Waals surface area contributed by atoms with Gasteiger partial charge in [0.05, 0.1) is 21.3 Å². The number of anilines is 1. The van der Waals surface area contributed by atoms with Gasteiger partial charge in [-0.15, -0.1) is 0 Å². The minimum atomic E-state index is 0.210. The molecule has 0 saturated carbocycles. The van der Waals surface area contributed by atoms with Crippen molar-refractivity contribution in [2.45, 2.75) is 25.9 Å². The highest BCUT2D eigenvalue weighted by Crippen LogP contribution is 2.34. The number of nitrogens with one attached hydrogen (secondary N) is 1. The predicted octanol–water partition coefficient (Wildman–Crippen LogP) is 3.13. The van der Waals surface area contributed by atoms with Crippen molar-refractivity contribution in [3.63, 3.8) is 0 Å². The van der Waals surface area contributed by atoms with Crippen LogP contribution in [-0.2, 0) is 17.9 Å². The Bertz CT molecular complexity index is 790. The van der Waals surface area contributed by atoms with E-state index in [0.717, 1.165) is 35.5 Å². The van der Waals surface area contributed by atoms with Crippen LogP contribution in [0.1, 0.15) is 24.0 Å². The number of benzene rings is 2. The molecule has 27 heavy (non-hydrogen) atoms. The molecular weight excluding hydrogens is 344 g/mol. The highest BCUT2D eigenvalue weighted by atomic mass is 16.5. The maximum absolute atomic E-state index is 11.8. The lowest BCUT2D eigenvalue weighted by atomic mass is 10.1. The van der Waals surface area contributed by atoms with Crippen LogP contribution in [0, 0.1) is 0 Å². The van der Waals surface area contributed by atoms with E-state index in [1.165, 1.54) is 0 Å². The van der Waals surface area contributed by atoms with Crippen LogP contribution in [0.25, 0.3) is 0 Å². The molecule has 0 radical (unpaired) electrons. The van der Waals surface area contributed by atoms with Crippen LogP contribution in [-0.4, -0.2) is 33.8 Å². The van der Waals surface area contributed by atoms with Crippen molar-refractivity contribution in [3.8, 4) is 17.2 Å². The lowest BCUT2D eigenvalue weighted by molar-refractivity contribution is -0.117. The van der Waals surface area contributed by atoms with E-state index in [1.807, 2.05) is 29.2 Å². The minimum absolute atomic E-state index is 0.210. The Morgan fingerprint density at radius 1 is 0.926 bits per heavy atom. The fourth-order valence-corrected chi connectivity index (χ4v) is 3.29. The Labute approximate surface area is 160 Å². The third-order valence-electron chi connectivity index (χ3n) is 4.75. The van der Waals surface area contributed by atoms with E-state index >= 15 is 0 Å². The van der Waals surface area contributed by atoms with E-state index in [1.54, 1.807) is 21.3 Å². The zero-order valence-electron chi connectivity index (χ0n) is 16.1. The number of carbonyl (C=O) groups excluding carboxylic acids is 1. The fourth-order valence-electron chi connectivity index (χ4n) is 3.29. The van der Waals surface area contributed by atoms with E-state index in [-0.39, 0.29) is 5.91 Å². The molecule has 1 aliphatic rings. The number of ether oxygens (including phenoxy) is 3. The quantitative estimate of drug-likeness (QED) is 0.774. The maximum atomic E-state index is 11.8. The maximum Gasteiger partial charge on any atom is 0.227 e. The van der Waals surface area contributed by atoms with Crippen LogP contribution in [0.4, 0.5) is 5.69 Å². The molecule has 6 heteroatoms. The Morgan fingerprint density at radius 2 is 1.59 bits per heavy atom. The number of hydrogen-bond acceptors (Lipinski definition) is 5. The molecule has 0 aliphatic carbocycles. The summed E-state index contributed by atoms with van der Waals surface area (Å²) in [6.07, 6.45) is 1.59. The van der Waals surface area contributed by atoms with Gasteiger partial charge in [0.1, 0.15) is 5.75 Å². The average molecular weight is 370 g/mol. The Kier molecular flexibility index (Phi) is 6.19. The smallest absolute Gasteiger partial charge is 0.227 e. The van der Waals surface area contributed by atoms with Gasteiger partial charge in [0, 0.05) is 43.4 Å². The molecule has 1 amide bonds. The van der Waals surface area contributed by atoms with E-state index in [4.69, 9.17) is 14.2 Å². The lowest BCUT2D eigenvalue weighted by Crippen LogP contribution is -2.23. The van der Waals surface area contributed by atoms with Crippen molar-refractivity contribution < 1.29 is 19.0 Å². The van der Waals surface area contributed by atoms with E-state index in [0.29, 0.717) is 31.0 Å². The number of hydrogen-bond donors (Lipinski definition) is 1. The van der Waals surface area contributed by atoms with Gasteiger partial charge in [-0.3, -0.25) is 4.79 Å². The number of rotatable bonds is 8. The third-order valence-corrected chi connectivity index (χ3v) is 4.75. The molecular formula is C21H26N2O4. The van der Waals surface area contributed by atoms with Gasteiger partial charge in [-0.1, -0.05) is 12.1 Å². The summed E-state index contributed by atoms with van der Waals surface area (Å²) in [7, 11) is 4.87. The second-order valence-corrected chi connectivity index (χ2v) is 6.44. The van der Waals surface area contributed by atoms with Gasteiger partial charge in [-0.2, -0.15) is 0 Å². The normalized spacial score (nSPS) is 13.7. The molecule has 1 saturated heterocycles. The van der Waals surface area contributed by atoms with Gasteiger partial charge in [0.15, 0.2) is 11.5 Å². The second-order valence-electron chi connectivity index (χ2n) is 6.44. The Morgan fingerprint density at radius 3 is 2.19 bits per heavy atom. The molecule has 1 heterocycles. The Hall–Kier alpha value is -2.73. The van der Waals surface area contributed by atoms with Crippen molar-refractivity contribution >= 4 is 11.6 Å². The molecule has 144 valence electrons. The molecule has 0 spiro atoms. The summed E-state index contributed by atoms with van der Waals surface area (Å²) in [6, 6.07) is 11.9. The van der Waals surface area contributed by atoms with Crippen molar-refractivity contribution in [1.82, 2.24) is 5.32 Å². The largest absolute Gasteiger partial charge is 0.496 e. The number of carbonyl (C=O) groups is 1. The topological polar surface area (TPSA) is 60.0 Å². The van der Waals surface area contributed by atoms with Crippen LogP contribution in [0.3, 0.4) is 0 Å². The second kappa shape index (κ2) is 8.77. The van der Waals surface area contributed by atoms with Crippen molar-refractivity contribution in [1.29, 1.82) is 0 Å². The summed E-state index contributed by atoms with van der Waals surface area (Å²) in [5, 5.41) is 3.42. The van der Waals surface area contributed by atoms with Crippen LogP contribution in [0.2, 0.25) is 0 Å². The highest BCUT2D eigenvalue weighted by Gasteiger charge is 2.21. The number of methoxy groups -OCH3 is 3. The van der Waals surface area contributed by atoms with Gasteiger partial charge in [-0.05, 0) is 30.2 Å². The van der Waals surface area contributed by atoms with Crippen molar-refractivity contribution in [2.75, 3.05) is 32.8 Å². The van der Waals surface area contributed by atoms with Gasteiger partial charge >= 0.3 is 0 Å². The first-order chi connectivity index (χ1) is 13.2. The molecule has 6 nitrogen and oxygen atoms in total. The summed E-state index contributed by atoms with van der Waals surface area (Å²) in [5.41, 5.74) is 3.13. The van der Waals surface area contributed by atoms with Gasteiger partial charge in [0.2, 0.25) is 5.91 Å². The summed E-state index contributed by atoms with van der Waals surface area (Å²) in [4.78, 5) is 13.7. The molecule has 2 aromatic carbocycles. The summed E-state index contributed by atoms with van der Waals surface area (Å²) in [5.74, 6) is 2.28. The molecule has 0 bridgehead atoms. The predicted molar refractivity (Wildman–Crippen MR) is 105 cm³/mol. The summed E-state index contributed by atoms with van der Waals surface area (Å²) >= 11 is 0. The SMILES string of the molecule is COc1cc(OC)c(OC)cc1CNCc1ccc(N2CCCC2=O)cc1. The van der Waals surface area contributed by atoms with Crippen LogP contribution in [0.5, 0.6) is 17.2 Å². The molecule has 1 N–H and O–H groups in total. The zero-order chi connectivity index (χ0) is 19.2. The minimum Gasteiger partial charge on any atom is -0.496 e. The highest BCUT2D eigenvalue weighted by molar-refractivity contribution is 5.95. The van der Waals surface area contributed by atoms with Gasteiger partial charge in [0.25, 0.3) is 0 Å². The van der Waals surface area contributed by atoms with Crippen molar-refractivity contribution in [3.05, 3.63) is 47.5 Å². The molecule has 2 aromatic rings. The molecule has 3 rings (SSSR count). The zero-order valence-corrected chi connectivity index (χ0v) is 16.1. The standard InChI is InChI=1S/C21H26N2O4/c1-25-18-12-20(27-3)19(26-2)11-16(18)14-22-13-15-6-8-17(9-7-15)23-10-4-5-21(23)24/h6-9,11-12,22H,4-5,10,13-14H2,1-3H3. The third kappa shape index (κ3) is 4.34. The van der Waals surface area contributed by atoms with Crippen LogP contribution in [0.15, 0.2) is 36.4 Å². The van der Waals surface area contributed by atoms with E-state index in [2.05, 4.69) is 17.4 Å². The molecule has 0 aromatic heterocycles. The van der Waals surface area contributed by atoms with E-state index < -0.39 is 0 Å². The van der Waals surface area contributed by atoms with E-state index in [9.17, 15) is 4.79 Å². The van der Waals surface area contributed by atoms with Crippen molar-refractivity contribution in [2.24, 2.45) is 0 Å². The number of amides is 1. The monoisotopic (exact) mass is 370 g/mol. The molecule has 0 atom stereocenters. The first kappa shape index (κ1) is 19.0. The van der Waals surface area contributed by atoms with Crippen LogP contribution >= 0.6 is 0 Å². The first-order valence-corrected chi connectivity index (χ1v) is 9.05. The molecule has 0 unspecified atom stereocenters. The molecule has 1 fully saturated rings. The van der Waals surface area contributed by atoms with Crippen LogP contribution < -0.4 is 24.4 Å².